The summed E-state index contributed by atoms with van der Waals surface area (Å²) in [6.07, 6.45) is 6.40. The Kier molecular flexibility index (Phi) is 5.53. The molecule has 0 bridgehead atoms. The van der Waals surface area contributed by atoms with Crippen molar-refractivity contribution in [2.45, 2.75) is 45.8 Å². The number of aryl methyl sites for hydroxylation is 1. The van der Waals surface area contributed by atoms with Crippen LogP contribution in [0.3, 0.4) is 0 Å². The molecular formula is C18H28N4O3S. The van der Waals surface area contributed by atoms with Crippen LogP contribution in [0.5, 0.6) is 0 Å². The van der Waals surface area contributed by atoms with E-state index in [9.17, 15) is 13.2 Å². The Morgan fingerprint density at radius 3 is 2.69 bits per heavy atom. The van der Waals surface area contributed by atoms with Crippen LogP contribution in [0.1, 0.15) is 26.6 Å². The second kappa shape index (κ2) is 7.52. The predicted octanol–water partition coefficient (Wildman–Crippen LogP) is 0.722. The fourth-order valence-electron chi connectivity index (χ4n) is 3.90. The van der Waals surface area contributed by atoms with Crippen molar-refractivity contribution < 1.29 is 13.2 Å². The molecule has 0 aromatic carbocycles. The van der Waals surface area contributed by atoms with E-state index in [1.54, 1.807) is 11.1 Å². The largest absolute Gasteiger partial charge is 0.334 e. The van der Waals surface area contributed by atoms with Crippen LogP contribution in [-0.4, -0.2) is 76.9 Å². The molecule has 0 N–H and O–H groups in total. The van der Waals surface area contributed by atoms with Gasteiger partial charge < -0.3 is 9.47 Å². The number of hydrogen-bond acceptors (Lipinski definition) is 5. The van der Waals surface area contributed by atoms with Gasteiger partial charge in [-0.05, 0) is 13.8 Å². The second-order valence-electron chi connectivity index (χ2n) is 7.40. The maximum Gasteiger partial charge on any atom is 0.242 e. The average Bonchev–Trinajstić information content (AvgIpc) is 3.14. The van der Waals surface area contributed by atoms with Crippen molar-refractivity contribution in [2.24, 2.45) is 0 Å². The maximum absolute atomic E-state index is 12.9. The summed E-state index contributed by atoms with van der Waals surface area (Å²) in [4.78, 5) is 21.2. The van der Waals surface area contributed by atoms with Crippen LogP contribution >= 0.6 is 0 Å². The number of nitrogens with zero attached hydrogens (tertiary/aromatic N) is 4. The van der Waals surface area contributed by atoms with Crippen LogP contribution in [0.2, 0.25) is 0 Å². The Balaban J connectivity index is 1.77. The van der Waals surface area contributed by atoms with Crippen molar-refractivity contribution in [1.82, 2.24) is 19.4 Å². The van der Waals surface area contributed by atoms with Gasteiger partial charge in [0.05, 0.1) is 17.5 Å². The molecule has 1 amide bonds. The van der Waals surface area contributed by atoms with Crippen LogP contribution in [0.15, 0.2) is 24.0 Å². The van der Waals surface area contributed by atoms with Crippen molar-refractivity contribution in [3.05, 3.63) is 29.9 Å². The average molecular weight is 381 g/mol. The van der Waals surface area contributed by atoms with Gasteiger partial charge in [0.15, 0.2) is 9.84 Å². The Morgan fingerprint density at radius 2 is 2.00 bits per heavy atom. The maximum atomic E-state index is 12.9. The monoisotopic (exact) mass is 380 g/mol. The van der Waals surface area contributed by atoms with Gasteiger partial charge >= 0.3 is 0 Å². The first-order valence-corrected chi connectivity index (χ1v) is 11.0. The number of sulfone groups is 1. The lowest BCUT2D eigenvalue weighted by molar-refractivity contribution is -0.137. The van der Waals surface area contributed by atoms with Crippen molar-refractivity contribution in [2.75, 3.05) is 31.1 Å². The molecule has 1 aromatic heterocycles. The summed E-state index contributed by atoms with van der Waals surface area (Å²) in [6.45, 7) is 8.32. The first-order valence-electron chi connectivity index (χ1n) is 9.18. The van der Waals surface area contributed by atoms with Crippen molar-refractivity contribution in [3.8, 4) is 0 Å². The summed E-state index contributed by atoms with van der Waals surface area (Å²) in [5, 5.41) is 0. The minimum atomic E-state index is -3.12. The summed E-state index contributed by atoms with van der Waals surface area (Å²) < 4.78 is 26.4. The standard InChI is InChI=1S/C18H28N4O3S/c1-4-17-19-6-8-21(17)11-18(23)22-10-9-20(7-5-14(2)3)15-12-26(24,25)13-16(15)22/h5-6,8,15-16H,4,7,9-13H2,1-3H3/t15-,16+/m0/s1. The Morgan fingerprint density at radius 1 is 1.27 bits per heavy atom. The van der Waals surface area contributed by atoms with Crippen LogP contribution in [-0.2, 0) is 27.6 Å². The number of piperazine rings is 1. The molecule has 2 aliphatic rings. The van der Waals surface area contributed by atoms with Crippen LogP contribution in [0, 0.1) is 0 Å². The normalized spacial score (nSPS) is 25.1. The van der Waals surface area contributed by atoms with Gasteiger partial charge in [0.25, 0.3) is 0 Å². The van der Waals surface area contributed by atoms with Crippen LogP contribution < -0.4 is 0 Å². The van der Waals surface area contributed by atoms with Crippen LogP contribution in [0.4, 0.5) is 0 Å². The molecule has 3 rings (SSSR count). The molecule has 3 heterocycles. The molecule has 0 unspecified atom stereocenters. The summed E-state index contributed by atoms with van der Waals surface area (Å²) in [5.74, 6) is 1.06. The van der Waals surface area contributed by atoms with E-state index >= 15 is 0 Å². The highest BCUT2D eigenvalue weighted by atomic mass is 32.2. The van der Waals surface area contributed by atoms with E-state index in [1.165, 1.54) is 5.57 Å². The highest BCUT2D eigenvalue weighted by Gasteiger charge is 2.47. The quantitative estimate of drug-likeness (QED) is 0.704. The zero-order valence-electron chi connectivity index (χ0n) is 15.8. The number of hydrogen-bond donors (Lipinski definition) is 0. The van der Waals surface area contributed by atoms with E-state index in [2.05, 4.69) is 16.0 Å². The number of carbonyl (C=O) groups excluding carboxylic acids is 1. The topological polar surface area (TPSA) is 75.5 Å². The highest BCUT2D eigenvalue weighted by Crippen LogP contribution is 2.27. The molecule has 8 heteroatoms. The molecule has 0 aliphatic carbocycles. The number of allylic oxidation sites excluding steroid dienone is 1. The molecule has 2 saturated heterocycles. The first kappa shape index (κ1) is 19.1. The summed E-state index contributed by atoms with van der Waals surface area (Å²) >= 11 is 0. The molecule has 144 valence electrons. The zero-order chi connectivity index (χ0) is 18.9. The molecule has 2 fully saturated rings. The second-order valence-corrected chi connectivity index (χ2v) is 9.55. The van der Waals surface area contributed by atoms with E-state index in [0.29, 0.717) is 13.1 Å². The lowest BCUT2D eigenvalue weighted by atomic mass is 10.0. The molecule has 2 aliphatic heterocycles. The third-order valence-electron chi connectivity index (χ3n) is 5.27. The van der Waals surface area contributed by atoms with Gasteiger partial charge in [0.2, 0.25) is 5.91 Å². The van der Waals surface area contributed by atoms with Gasteiger partial charge in [-0.25, -0.2) is 13.4 Å². The first-order chi connectivity index (χ1) is 12.3. The predicted molar refractivity (Wildman–Crippen MR) is 101 cm³/mol. The smallest absolute Gasteiger partial charge is 0.242 e. The molecule has 0 radical (unpaired) electrons. The molecule has 1 aromatic rings. The molecule has 26 heavy (non-hydrogen) atoms. The number of carbonyl (C=O) groups is 1. The SMILES string of the molecule is CCc1nccn1CC(=O)N1CCN(CC=C(C)C)[C@H]2CS(=O)(=O)C[C@H]21. The highest BCUT2D eigenvalue weighted by molar-refractivity contribution is 7.91. The summed E-state index contributed by atoms with van der Waals surface area (Å²) in [6, 6.07) is -0.359. The number of rotatable bonds is 5. The van der Waals surface area contributed by atoms with E-state index in [1.807, 2.05) is 31.5 Å². The fourth-order valence-corrected chi connectivity index (χ4v) is 5.91. The molecular weight excluding hydrogens is 352 g/mol. The number of fused-ring (bicyclic) bond motifs is 1. The molecule has 2 atom stereocenters. The molecule has 7 nitrogen and oxygen atoms in total. The van der Waals surface area contributed by atoms with E-state index < -0.39 is 9.84 Å². The van der Waals surface area contributed by atoms with E-state index in [4.69, 9.17) is 0 Å². The lowest BCUT2D eigenvalue weighted by Crippen LogP contribution is -2.61. The third kappa shape index (κ3) is 4.01. The Bertz CT molecular complexity index is 795. The van der Waals surface area contributed by atoms with Gasteiger partial charge in [0.1, 0.15) is 12.4 Å². The van der Waals surface area contributed by atoms with Crippen molar-refractivity contribution >= 4 is 15.7 Å². The number of amides is 1. The van der Waals surface area contributed by atoms with Crippen molar-refractivity contribution in [1.29, 1.82) is 0 Å². The van der Waals surface area contributed by atoms with Crippen LogP contribution in [0.25, 0.3) is 0 Å². The third-order valence-corrected chi connectivity index (χ3v) is 6.97. The Labute approximate surface area is 155 Å². The van der Waals surface area contributed by atoms with Gasteiger partial charge in [-0.1, -0.05) is 18.6 Å². The van der Waals surface area contributed by atoms with Gasteiger partial charge in [0, 0.05) is 44.5 Å². The molecule has 0 saturated carbocycles. The van der Waals surface area contributed by atoms with E-state index in [-0.39, 0.29) is 36.0 Å². The van der Waals surface area contributed by atoms with Gasteiger partial charge in [-0.2, -0.15) is 0 Å². The zero-order valence-corrected chi connectivity index (χ0v) is 16.6. The lowest BCUT2D eigenvalue weighted by Gasteiger charge is -2.43. The molecule has 0 spiro atoms. The van der Waals surface area contributed by atoms with E-state index in [0.717, 1.165) is 18.8 Å². The fraction of sp³-hybridized carbons (Fsp3) is 0.667. The minimum Gasteiger partial charge on any atom is -0.334 e. The number of imidazole rings is 1. The number of aromatic nitrogens is 2. The van der Waals surface area contributed by atoms with Crippen molar-refractivity contribution in [3.63, 3.8) is 0 Å². The minimum absolute atomic E-state index is 0.0216. The summed E-state index contributed by atoms with van der Waals surface area (Å²) in [5.41, 5.74) is 1.22. The van der Waals surface area contributed by atoms with Gasteiger partial charge in [-0.3, -0.25) is 9.69 Å². The Hall–Kier alpha value is -1.67. The summed E-state index contributed by atoms with van der Waals surface area (Å²) in [7, 11) is -3.12. The van der Waals surface area contributed by atoms with Gasteiger partial charge in [-0.15, -0.1) is 0 Å².